The van der Waals surface area contributed by atoms with E-state index < -0.39 is 0 Å². The first-order valence-corrected chi connectivity index (χ1v) is 9.46. The Labute approximate surface area is 174 Å². The first kappa shape index (κ1) is 20.1. The summed E-state index contributed by atoms with van der Waals surface area (Å²) in [6, 6.07) is 20.8. The largest absolute Gasteiger partial charge is 0.496 e. The van der Waals surface area contributed by atoms with Crippen molar-refractivity contribution in [3.8, 4) is 11.5 Å². The summed E-state index contributed by atoms with van der Waals surface area (Å²) < 4.78 is 11.3. The third-order valence-electron chi connectivity index (χ3n) is 4.07. The average molecular weight is 415 g/mol. The van der Waals surface area contributed by atoms with Crippen LogP contribution in [0.15, 0.2) is 71.8 Å². The molecule has 0 spiro atoms. The lowest BCUT2D eigenvalue weighted by molar-refractivity contribution is 0.306. The Morgan fingerprint density at radius 3 is 2.46 bits per heavy atom. The first-order valence-electron chi connectivity index (χ1n) is 8.71. The van der Waals surface area contributed by atoms with E-state index >= 15 is 0 Å². The summed E-state index contributed by atoms with van der Waals surface area (Å²) in [5.41, 5.74) is 5.72. The number of nitrogens with one attached hydrogen (secondary N) is 1. The standard InChI is InChI=1S/C22H20Cl2N2O2/c1-27-21-9-5-3-6-16(21)13-25-26-14-18-12-19(23)10-11-22(18)28-15-17-7-2-4-8-20(17)24/h2-12,14,25H,13,15H2,1H3/b26-14+. The predicted molar refractivity (Wildman–Crippen MR) is 115 cm³/mol. The lowest BCUT2D eigenvalue weighted by atomic mass is 10.2. The number of para-hydroxylation sites is 1. The zero-order valence-electron chi connectivity index (χ0n) is 15.4. The van der Waals surface area contributed by atoms with Crippen LogP contribution in [0.25, 0.3) is 0 Å². The highest BCUT2D eigenvalue weighted by atomic mass is 35.5. The SMILES string of the molecule is COc1ccccc1CN/N=C/c1cc(Cl)ccc1OCc1ccccc1Cl. The van der Waals surface area contributed by atoms with E-state index in [2.05, 4.69) is 10.5 Å². The van der Waals surface area contributed by atoms with Gasteiger partial charge < -0.3 is 14.9 Å². The van der Waals surface area contributed by atoms with Crippen LogP contribution in [0.3, 0.4) is 0 Å². The van der Waals surface area contributed by atoms with Gasteiger partial charge in [-0.15, -0.1) is 0 Å². The molecule has 0 unspecified atom stereocenters. The molecule has 0 atom stereocenters. The van der Waals surface area contributed by atoms with E-state index in [1.807, 2.05) is 54.6 Å². The molecule has 144 valence electrons. The van der Waals surface area contributed by atoms with Gasteiger partial charge in [-0.05, 0) is 30.3 Å². The molecular formula is C22H20Cl2N2O2. The predicted octanol–water partition coefficient (Wildman–Crippen LogP) is 5.70. The molecule has 0 saturated carbocycles. The maximum Gasteiger partial charge on any atom is 0.128 e. The van der Waals surface area contributed by atoms with E-state index in [0.29, 0.717) is 28.9 Å². The summed E-state index contributed by atoms with van der Waals surface area (Å²) in [5.74, 6) is 1.49. The molecule has 0 fully saturated rings. The molecule has 3 rings (SSSR count). The van der Waals surface area contributed by atoms with Crippen molar-refractivity contribution in [2.75, 3.05) is 7.11 Å². The van der Waals surface area contributed by atoms with Crippen molar-refractivity contribution in [3.05, 3.63) is 93.5 Å². The second kappa shape index (κ2) is 10.0. The quantitative estimate of drug-likeness (QED) is 0.379. The van der Waals surface area contributed by atoms with Crippen LogP contribution in [0.5, 0.6) is 11.5 Å². The van der Waals surface area contributed by atoms with Crippen molar-refractivity contribution in [2.24, 2.45) is 5.10 Å². The number of hydrazone groups is 1. The fraction of sp³-hybridized carbons (Fsp3) is 0.136. The molecule has 1 N–H and O–H groups in total. The van der Waals surface area contributed by atoms with Crippen molar-refractivity contribution in [2.45, 2.75) is 13.2 Å². The minimum absolute atomic E-state index is 0.358. The molecule has 6 heteroatoms. The van der Waals surface area contributed by atoms with Gasteiger partial charge in [-0.2, -0.15) is 5.10 Å². The lowest BCUT2D eigenvalue weighted by Gasteiger charge is -2.11. The van der Waals surface area contributed by atoms with Crippen LogP contribution in [0, 0.1) is 0 Å². The zero-order valence-corrected chi connectivity index (χ0v) is 16.9. The third kappa shape index (κ3) is 5.41. The van der Waals surface area contributed by atoms with Crippen molar-refractivity contribution in [3.63, 3.8) is 0 Å². The Balaban J connectivity index is 1.66. The molecular weight excluding hydrogens is 395 g/mol. The fourth-order valence-corrected chi connectivity index (χ4v) is 2.99. The van der Waals surface area contributed by atoms with Gasteiger partial charge in [-0.1, -0.05) is 59.6 Å². The second-order valence-corrected chi connectivity index (χ2v) is 6.81. The van der Waals surface area contributed by atoms with Gasteiger partial charge in [0.15, 0.2) is 0 Å². The summed E-state index contributed by atoms with van der Waals surface area (Å²) in [7, 11) is 1.65. The molecule has 0 aliphatic rings. The summed E-state index contributed by atoms with van der Waals surface area (Å²) >= 11 is 12.3. The molecule has 4 nitrogen and oxygen atoms in total. The maximum absolute atomic E-state index is 6.19. The minimum Gasteiger partial charge on any atom is -0.496 e. The lowest BCUT2D eigenvalue weighted by Crippen LogP contribution is -2.07. The normalized spacial score (nSPS) is 10.8. The van der Waals surface area contributed by atoms with Gasteiger partial charge in [-0.3, -0.25) is 0 Å². The van der Waals surface area contributed by atoms with Gasteiger partial charge in [0, 0.05) is 26.7 Å². The van der Waals surface area contributed by atoms with Gasteiger partial charge in [0.2, 0.25) is 0 Å². The molecule has 0 aliphatic heterocycles. The van der Waals surface area contributed by atoms with E-state index in [1.54, 1.807) is 25.5 Å². The molecule has 28 heavy (non-hydrogen) atoms. The molecule has 0 amide bonds. The van der Waals surface area contributed by atoms with Crippen LogP contribution in [-0.2, 0) is 13.2 Å². The maximum atomic E-state index is 6.19. The third-order valence-corrected chi connectivity index (χ3v) is 4.67. The van der Waals surface area contributed by atoms with Crippen LogP contribution < -0.4 is 14.9 Å². The number of rotatable bonds is 8. The molecule has 3 aromatic carbocycles. The monoisotopic (exact) mass is 414 g/mol. The minimum atomic E-state index is 0.358. The number of ether oxygens (including phenoxy) is 2. The van der Waals surface area contributed by atoms with Crippen molar-refractivity contribution >= 4 is 29.4 Å². The van der Waals surface area contributed by atoms with Crippen molar-refractivity contribution < 1.29 is 9.47 Å². The van der Waals surface area contributed by atoms with Gasteiger partial charge in [0.05, 0.1) is 19.9 Å². The molecule has 0 radical (unpaired) electrons. The molecule has 0 aromatic heterocycles. The Kier molecular flexibility index (Phi) is 7.18. The van der Waals surface area contributed by atoms with Gasteiger partial charge in [0.1, 0.15) is 18.1 Å². The first-order chi connectivity index (χ1) is 13.7. The zero-order chi connectivity index (χ0) is 19.8. The highest BCUT2D eigenvalue weighted by molar-refractivity contribution is 6.31. The van der Waals surface area contributed by atoms with Crippen LogP contribution >= 0.6 is 23.2 Å². The molecule has 0 heterocycles. The van der Waals surface area contributed by atoms with E-state index in [-0.39, 0.29) is 0 Å². The van der Waals surface area contributed by atoms with E-state index in [1.165, 1.54) is 0 Å². The average Bonchev–Trinajstić information content (AvgIpc) is 2.72. The Bertz CT molecular complexity index is 961. The van der Waals surface area contributed by atoms with E-state index in [0.717, 1.165) is 22.4 Å². The number of methoxy groups -OCH3 is 1. The molecule has 0 bridgehead atoms. The van der Waals surface area contributed by atoms with Crippen molar-refractivity contribution in [1.82, 2.24) is 5.43 Å². The molecule has 0 aliphatic carbocycles. The molecule has 3 aromatic rings. The molecule has 0 saturated heterocycles. The Morgan fingerprint density at radius 1 is 0.929 bits per heavy atom. The van der Waals surface area contributed by atoms with Crippen LogP contribution in [0.1, 0.15) is 16.7 Å². The van der Waals surface area contributed by atoms with Gasteiger partial charge in [0.25, 0.3) is 0 Å². The van der Waals surface area contributed by atoms with Crippen molar-refractivity contribution in [1.29, 1.82) is 0 Å². The van der Waals surface area contributed by atoms with Crippen LogP contribution in [0.2, 0.25) is 10.0 Å². The summed E-state index contributed by atoms with van der Waals surface area (Å²) in [5, 5.41) is 5.57. The topological polar surface area (TPSA) is 42.8 Å². The van der Waals surface area contributed by atoms with Crippen LogP contribution in [0.4, 0.5) is 0 Å². The number of benzene rings is 3. The van der Waals surface area contributed by atoms with Gasteiger partial charge >= 0.3 is 0 Å². The second-order valence-electron chi connectivity index (χ2n) is 5.97. The summed E-state index contributed by atoms with van der Waals surface area (Å²) in [6.07, 6.45) is 1.68. The summed E-state index contributed by atoms with van der Waals surface area (Å²) in [6.45, 7) is 0.897. The highest BCUT2D eigenvalue weighted by Crippen LogP contribution is 2.24. The van der Waals surface area contributed by atoms with E-state index in [9.17, 15) is 0 Å². The van der Waals surface area contributed by atoms with Crippen LogP contribution in [-0.4, -0.2) is 13.3 Å². The smallest absolute Gasteiger partial charge is 0.128 e. The number of hydrogen-bond acceptors (Lipinski definition) is 4. The number of halogens is 2. The van der Waals surface area contributed by atoms with E-state index in [4.69, 9.17) is 32.7 Å². The number of hydrogen-bond donors (Lipinski definition) is 1. The highest BCUT2D eigenvalue weighted by Gasteiger charge is 2.06. The fourth-order valence-electron chi connectivity index (χ4n) is 2.62. The Hall–Kier alpha value is -2.69. The Morgan fingerprint density at radius 2 is 1.68 bits per heavy atom. The summed E-state index contributed by atoms with van der Waals surface area (Å²) in [4.78, 5) is 0. The van der Waals surface area contributed by atoms with Gasteiger partial charge in [-0.25, -0.2) is 0 Å². The number of nitrogens with zero attached hydrogens (tertiary/aromatic N) is 1.